The lowest BCUT2D eigenvalue weighted by Gasteiger charge is -2.26. The largest absolute Gasteiger partial charge is 0.390 e. The van der Waals surface area contributed by atoms with Gasteiger partial charge in [0.2, 0.25) is 0 Å². The molecule has 2 aliphatic heterocycles. The van der Waals surface area contributed by atoms with Crippen molar-refractivity contribution in [3.63, 3.8) is 0 Å². The number of hydrogen-bond acceptors (Lipinski definition) is 5. The molecule has 0 radical (unpaired) electrons. The number of β-amino-alcohol motifs (C(OH)–C–C–N with tert-alkyl or cyclic N) is 1. The van der Waals surface area contributed by atoms with E-state index in [0.717, 1.165) is 17.8 Å². The van der Waals surface area contributed by atoms with Crippen LogP contribution in [0.25, 0.3) is 11.3 Å². The van der Waals surface area contributed by atoms with Crippen LogP contribution in [0.2, 0.25) is 0 Å². The Labute approximate surface area is 190 Å². The summed E-state index contributed by atoms with van der Waals surface area (Å²) < 4.78 is 0. The van der Waals surface area contributed by atoms with E-state index >= 15 is 0 Å². The van der Waals surface area contributed by atoms with Gasteiger partial charge in [0, 0.05) is 37.0 Å². The summed E-state index contributed by atoms with van der Waals surface area (Å²) in [7, 11) is 0. The van der Waals surface area contributed by atoms with Crippen LogP contribution >= 0.6 is 24.8 Å². The number of carbonyl (C=O) groups is 1. The standard InChI is InChI=1S/C22H28N4O2.2ClH/c27-21-14-23-13-20(21)25-22(28)18-7-5-17(6-8-18)19-9-4-16(12-24-19)15-26-10-2-1-3-11-26;;/h4-9,12,20-21,23,27H,1-3,10-11,13-15H2,(H,25,28);2*1H/t20-,21-;;/m1../s1. The first-order chi connectivity index (χ1) is 13.7. The predicted molar refractivity (Wildman–Crippen MR) is 123 cm³/mol. The van der Waals surface area contributed by atoms with Crippen LogP contribution in [0.5, 0.6) is 0 Å². The Morgan fingerprint density at radius 1 is 1.07 bits per heavy atom. The molecule has 8 heteroatoms. The van der Waals surface area contributed by atoms with E-state index in [1.54, 1.807) is 0 Å². The maximum atomic E-state index is 12.4. The highest BCUT2D eigenvalue weighted by molar-refractivity contribution is 5.94. The van der Waals surface area contributed by atoms with Crippen molar-refractivity contribution in [3.8, 4) is 11.3 Å². The first-order valence-electron chi connectivity index (χ1n) is 10.2. The van der Waals surface area contributed by atoms with E-state index in [2.05, 4.69) is 32.7 Å². The van der Waals surface area contributed by atoms with Gasteiger partial charge in [0.25, 0.3) is 5.91 Å². The molecular formula is C22H30Cl2N4O2. The number of benzene rings is 1. The number of amides is 1. The van der Waals surface area contributed by atoms with Crippen LogP contribution in [-0.4, -0.2) is 59.2 Å². The Morgan fingerprint density at radius 3 is 2.40 bits per heavy atom. The van der Waals surface area contributed by atoms with Crippen molar-refractivity contribution in [1.29, 1.82) is 0 Å². The predicted octanol–water partition coefficient (Wildman–Crippen LogP) is 2.64. The number of rotatable bonds is 5. The lowest BCUT2D eigenvalue weighted by Crippen LogP contribution is -2.42. The number of carbonyl (C=O) groups excluding carboxylic acids is 1. The van der Waals surface area contributed by atoms with Crippen LogP contribution < -0.4 is 10.6 Å². The number of nitrogens with one attached hydrogen (secondary N) is 2. The average molecular weight is 453 g/mol. The van der Waals surface area contributed by atoms with Gasteiger partial charge in [-0.1, -0.05) is 24.6 Å². The highest BCUT2D eigenvalue weighted by atomic mass is 35.5. The molecule has 6 nitrogen and oxygen atoms in total. The van der Waals surface area contributed by atoms with Gasteiger partial charge < -0.3 is 15.7 Å². The summed E-state index contributed by atoms with van der Waals surface area (Å²) in [5, 5.41) is 15.8. The van der Waals surface area contributed by atoms with Crippen LogP contribution in [0.15, 0.2) is 42.6 Å². The Balaban J connectivity index is 0.00000160. The number of piperidine rings is 1. The van der Waals surface area contributed by atoms with Crippen molar-refractivity contribution in [2.45, 2.75) is 38.0 Å². The minimum atomic E-state index is -0.532. The smallest absolute Gasteiger partial charge is 0.251 e. The minimum absolute atomic E-state index is 0. The SMILES string of the molecule is Cl.Cl.O=C(N[C@@H]1CNC[C@H]1O)c1ccc(-c2ccc(CN3CCCCC3)cn2)cc1. The topological polar surface area (TPSA) is 77.5 Å². The molecule has 4 rings (SSSR count). The van der Waals surface area contributed by atoms with Gasteiger partial charge in [0.05, 0.1) is 17.8 Å². The highest BCUT2D eigenvalue weighted by Gasteiger charge is 2.26. The molecule has 164 valence electrons. The van der Waals surface area contributed by atoms with Gasteiger partial charge in [-0.05, 0) is 49.7 Å². The zero-order valence-corrected chi connectivity index (χ0v) is 18.6. The minimum Gasteiger partial charge on any atom is -0.390 e. The van der Waals surface area contributed by atoms with Crippen LogP contribution in [0, 0.1) is 0 Å². The van der Waals surface area contributed by atoms with Crippen molar-refractivity contribution in [2.24, 2.45) is 0 Å². The molecule has 30 heavy (non-hydrogen) atoms. The Hall–Kier alpha value is -1.70. The number of aliphatic hydroxyl groups is 1. The van der Waals surface area contributed by atoms with Gasteiger partial charge in [-0.2, -0.15) is 0 Å². The number of aromatic nitrogens is 1. The quantitative estimate of drug-likeness (QED) is 0.649. The molecule has 2 aliphatic rings. The maximum absolute atomic E-state index is 12.4. The monoisotopic (exact) mass is 452 g/mol. The second kappa shape index (κ2) is 11.6. The van der Waals surface area contributed by atoms with E-state index in [-0.39, 0.29) is 36.8 Å². The fraction of sp³-hybridized carbons (Fsp3) is 0.455. The van der Waals surface area contributed by atoms with Crippen molar-refractivity contribution in [1.82, 2.24) is 20.5 Å². The van der Waals surface area contributed by atoms with Crippen LogP contribution in [0.3, 0.4) is 0 Å². The molecule has 3 N–H and O–H groups in total. The second-order valence-corrected chi connectivity index (χ2v) is 7.77. The molecule has 1 aromatic carbocycles. The molecule has 0 aliphatic carbocycles. The van der Waals surface area contributed by atoms with E-state index in [4.69, 9.17) is 0 Å². The van der Waals surface area contributed by atoms with Gasteiger partial charge in [0.1, 0.15) is 0 Å². The average Bonchev–Trinajstić information content (AvgIpc) is 3.14. The number of hydrogen-bond donors (Lipinski definition) is 3. The summed E-state index contributed by atoms with van der Waals surface area (Å²) >= 11 is 0. The zero-order valence-electron chi connectivity index (χ0n) is 16.9. The van der Waals surface area contributed by atoms with E-state index in [9.17, 15) is 9.90 Å². The third kappa shape index (κ3) is 6.15. The first kappa shape index (κ1) is 24.6. The Bertz CT molecular complexity index is 796. The molecule has 1 amide bonds. The fourth-order valence-electron chi connectivity index (χ4n) is 3.92. The van der Waals surface area contributed by atoms with Gasteiger partial charge >= 0.3 is 0 Å². The van der Waals surface area contributed by atoms with Crippen LogP contribution in [0.4, 0.5) is 0 Å². The third-order valence-corrected chi connectivity index (χ3v) is 5.62. The van der Waals surface area contributed by atoms with E-state index in [1.165, 1.54) is 37.9 Å². The zero-order chi connectivity index (χ0) is 19.3. The van der Waals surface area contributed by atoms with E-state index in [1.807, 2.05) is 30.5 Å². The molecule has 0 bridgehead atoms. The van der Waals surface area contributed by atoms with Crippen molar-refractivity contribution in [2.75, 3.05) is 26.2 Å². The molecule has 2 aromatic rings. The number of likely N-dealkylation sites (tertiary alicyclic amines) is 1. The summed E-state index contributed by atoms with van der Waals surface area (Å²) in [6, 6.07) is 11.4. The van der Waals surface area contributed by atoms with Crippen molar-refractivity contribution in [3.05, 3.63) is 53.7 Å². The summed E-state index contributed by atoms with van der Waals surface area (Å²) in [5.74, 6) is -0.163. The number of pyridine rings is 1. The molecule has 1 aromatic heterocycles. The summed E-state index contributed by atoms with van der Waals surface area (Å²) in [6.45, 7) is 4.44. The molecule has 2 atom stereocenters. The van der Waals surface area contributed by atoms with Crippen LogP contribution in [-0.2, 0) is 6.54 Å². The molecule has 0 saturated carbocycles. The normalized spacial score (nSPS) is 21.4. The fourth-order valence-corrected chi connectivity index (χ4v) is 3.92. The number of nitrogens with zero attached hydrogens (tertiary/aromatic N) is 2. The lowest BCUT2D eigenvalue weighted by molar-refractivity contribution is 0.0888. The third-order valence-electron chi connectivity index (χ3n) is 5.62. The van der Waals surface area contributed by atoms with Gasteiger partial charge in [-0.25, -0.2) is 0 Å². The molecule has 2 fully saturated rings. The lowest BCUT2D eigenvalue weighted by atomic mass is 10.1. The number of halogens is 2. The first-order valence-corrected chi connectivity index (χ1v) is 10.2. The van der Waals surface area contributed by atoms with Gasteiger partial charge in [0.15, 0.2) is 0 Å². The molecule has 0 spiro atoms. The molecule has 2 saturated heterocycles. The van der Waals surface area contributed by atoms with Gasteiger partial charge in [-0.15, -0.1) is 24.8 Å². The van der Waals surface area contributed by atoms with E-state index in [0.29, 0.717) is 18.7 Å². The van der Waals surface area contributed by atoms with Crippen molar-refractivity contribution < 1.29 is 9.90 Å². The Morgan fingerprint density at radius 2 is 1.80 bits per heavy atom. The second-order valence-electron chi connectivity index (χ2n) is 7.77. The molecule has 0 unspecified atom stereocenters. The number of aliphatic hydroxyl groups excluding tert-OH is 1. The van der Waals surface area contributed by atoms with Crippen molar-refractivity contribution >= 4 is 30.7 Å². The molecular weight excluding hydrogens is 423 g/mol. The summed E-state index contributed by atoms with van der Waals surface area (Å²) in [5.41, 5.74) is 3.73. The van der Waals surface area contributed by atoms with E-state index < -0.39 is 6.10 Å². The Kier molecular flexibility index (Phi) is 9.52. The highest BCUT2D eigenvalue weighted by Crippen LogP contribution is 2.19. The maximum Gasteiger partial charge on any atom is 0.251 e. The van der Waals surface area contributed by atoms with Crippen LogP contribution in [0.1, 0.15) is 35.2 Å². The van der Waals surface area contributed by atoms with Gasteiger partial charge in [-0.3, -0.25) is 14.7 Å². The molecule has 3 heterocycles. The summed E-state index contributed by atoms with van der Waals surface area (Å²) in [6.07, 6.45) is 5.36. The summed E-state index contributed by atoms with van der Waals surface area (Å²) in [4.78, 5) is 19.5.